The summed E-state index contributed by atoms with van der Waals surface area (Å²) < 4.78 is 5.67. The Morgan fingerprint density at radius 3 is 2.79 bits per heavy atom. The summed E-state index contributed by atoms with van der Waals surface area (Å²) in [6.45, 7) is 4.69. The topological polar surface area (TPSA) is 55.4 Å². The standard InChI is InChI=1S/C15H19NO3/c1-10(2)9-19-14-6-3-11(8-17)7-13(14)16-15(18)12-4-5-12/h3,6-8,10,12H,4-5,9H2,1-2H3,(H,16,18). The monoisotopic (exact) mass is 261 g/mol. The van der Waals surface area contributed by atoms with Crippen LogP contribution >= 0.6 is 0 Å². The summed E-state index contributed by atoms with van der Waals surface area (Å²) in [5, 5.41) is 2.85. The molecule has 102 valence electrons. The number of benzene rings is 1. The summed E-state index contributed by atoms with van der Waals surface area (Å²) in [5.74, 6) is 1.15. The smallest absolute Gasteiger partial charge is 0.227 e. The molecular formula is C15H19NO3. The summed E-state index contributed by atoms with van der Waals surface area (Å²) in [4.78, 5) is 22.6. The van der Waals surface area contributed by atoms with Gasteiger partial charge < -0.3 is 10.1 Å². The quantitative estimate of drug-likeness (QED) is 0.801. The highest BCUT2D eigenvalue weighted by molar-refractivity contribution is 5.96. The molecule has 0 heterocycles. The summed E-state index contributed by atoms with van der Waals surface area (Å²) in [7, 11) is 0. The predicted octanol–water partition coefficient (Wildman–Crippen LogP) is 2.88. The molecule has 0 atom stereocenters. The van der Waals surface area contributed by atoms with Crippen molar-refractivity contribution in [2.75, 3.05) is 11.9 Å². The van der Waals surface area contributed by atoms with E-state index >= 15 is 0 Å². The molecule has 0 saturated heterocycles. The van der Waals surface area contributed by atoms with E-state index < -0.39 is 0 Å². The van der Waals surface area contributed by atoms with Gasteiger partial charge in [0.25, 0.3) is 0 Å². The summed E-state index contributed by atoms with van der Waals surface area (Å²) >= 11 is 0. The number of anilines is 1. The molecule has 0 unspecified atom stereocenters. The fourth-order valence-corrected chi connectivity index (χ4v) is 1.68. The lowest BCUT2D eigenvalue weighted by molar-refractivity contribution is -0.117. The number of nitrogens with one attached hydrogen (secondary N) is 1. The minimum absolute atomic E-state index is 0.0115. The number of rotatable bonds is 6. The summed E-state index contributed by atoms with van der Waals surface area (Å²) in [6.07, 6.45) is 2.65. The van der Waals surface area contributed by atoms with Gasteiger partial charge in [-0.2, -0.15) is 0 Å². The molecule has 2 rings (SSSR count). The molecule has 1 aromatic carbocycles. The van der Waals surface area contributed by atoms with Crippen molar-refractivity contribution in [2.24, 2.45) is 11.8 Å². The normalized spacial score (nSPS) is 14.3. The molecule has 0 spiro atoms. The Bertz CT molecular complexity index is 478. The van der Waals surface area contributed by atoms with Crippen molar-refractivity contribution in [1.82, 2.24) is 0 Å². The van der Waals surface area contributed by atoms with Crippen LogP contribution in [0.2, 0.25) is 0 Å². The van der Waals surface area contributed by atoms with Gasteiger partial charge in [0.2, 0.25) is 5.91 Å². The number of amides is 1. The number of ether oxygens (including phenoxy) is 1. The van der Waals surface area contributed by atoms with Crippen LogP contribution in [0.15, 0.2) is 18.2 Å². The molecule has 1 aliphatic carbocycles. The molecule has 1 amide bonds. The largest absolute Gasteiger partial charge is 0.491 e. The third-order valence-electron chi connectivity index (χ3n) is 2.92. The number of aldehydes is 1. The average Bonchev–Trinajstić information content (AvgIpc) is 3.21. The van der Waals surface area contributed by atoms with Gasteiger partial charge in [-0.05, 0) is 37.0 Å². The van der Waals surface area contributed by atoms with Crippen molar-refractivity contribution in [2.45, 2.75) is 26.7 Å². The molecule has 0 radical (unpaired) electrons. The highest BCUT2D eigenvalue weighted by Crippen LogP contribution is 2.32. The van der Waals surface area contributed by atoms with E-state index in [2.05, 4.69) is 19.2 Å². The average molecular weight is 261 g/mol. The zero-order valence-corrected chi connectivity index (χ0v) is 11.3. The lowest BCUT2D eigenvalue weighted by Gasteiger charge is -2.14. The van der Waals surface area contributed by atoms with Gasteiger partial charge in [0, 0.05) is 11.5 Å². The van der Waals surface area contributed by atoms with Crippen molar-refractivity contribution in [3.8, 4) is 5.75 Å². The second-order valence-electron chi connectivity index (χ2n) is 5.34. The van der Waals surface area contributed by atoms with E-state index in [4.69, 9.17) is 4.74 Å². The van der Waals surface area contributed by atoms with Gasteiger partial charge in [-0.3, -0.25) is 9.59 Å². The third kappa shape index (κ3) is 3.81. The minimum atomic E-state index is 0.0115. The van der Waals surface area contributed by atoms with E-state index in [1.54, 1.807) is 18.2 Å². The van der Waals surface area contributed by atoms with Crippen LogP contribution in [0.5, 0.6) is 5.75 Å². The summed E-state index contributed by atoms with van der Waals surface area (Å²) in [6, 6.07) is 5.08. The molecular weight excluding hydrogens is 242 g/mol. The molecule has 1 N–H and O–H groups in total. The fraction of sp³-hybridized carbons (Fsp3) is 0.467. The van der Waals surface area contributed by atoms with Gasteiger partial charge in [-0.15, -0.1) is 0 Å². The van der Waals surface area contributed by atoms with E-state index in [1.165, 1.54) is 0 Å². The third-order valence-corrected chi connectivity index (χ3v) is 2.92. The first-order valence-electron chi connectivity index (χ1n) is 6.63. The Kier molecular flexibility index (Phi) is 4.20. The Hall–Kier alpha value is -1.84. The van der Waals surface area contributed by atoms with Crippen LogP contribution in [0, 0.1) is 11.8 Å². The fourth-order valence-electron chi connectivity index (χ4n) is 1.68. The van der Waals surface area contributed by atoms with Crippen LogP contribution in [-0.4, -0.2) is 18.8 Å². The predicted molar refractivity (Wildman–Crippen MR) is 73.5 cm³/mol. The van der Waals surface area contributed by atoms with Gasteiger partial charge in [-0.25, -0.2) is 0 Å². The van der Waals surface area contributed by atoms with Gasteiger partial charge in [-0.1, -0.05) is 13.8 Å². The van der Waals surface area contributed by atoms with Crippen molar-refractivity contribution < 1.29 is 14.3 Å². The molecule has 1 aromatic rings. The lowest BCUT2D eigenvalue weighted by atomic mass is 10.2. The molecule has 0 aromatic heterocycles. The van der Waals surface area contributed by atoms with Crippen LogP contribution in [0.3, 0.4) is 0 Å². The van der Waals surface area contributed by atoms with Gasteiger partial charge in [0.15, 0.2) is 0 Å². The first kappa shape index (κ1) is 13.6. The van der Waals surface area contributed by atoms with E-state index in [1.807, 2.05) is 0 Å². The molecule has 1 saturated carbocycles. The van der Waals surface area contributed by atoms with Crippen molar-refractivity contribution in [3.63, 3.8) is 0 Å². The van der Waals surface area contributed by atoms with Crippen LogP contribution in [-0.2, 0) is 4.79 Å². The summed E-state index contributed by atoms with van der Waals surface area (Å²) in [5.41, 5.74) is 1.12. The van der Waals surface area contributed by atoms with Gasteiger partial charge >= 0.3 is 0 Å². The molecule has 19 heavy (non-hydrogen) atoms. The maximum atomic E-state index is 11.8. The SMILES string of the molecule is CC(C)COc1ccc(C=O)cc1NC(=O)C1CC1. The van der Waals surface area contributed by atoms with E-state index in [0.717, 1.165) is 19.1 Å². The van der Waals surface area contributed by atoms with Crippen molar-refractivity contribution >= 4 is 17.9 Å². The number of hydrogen-bond acceptors (Lipinski definition) is 3. The Morgan fingerprint density at radius 2 is 2.21 bits per heavy atom. The van der Waals surface area contributed by atoms with Crippen LogP contribution < -0.4 is 10.1 Å². The molecule has 4 heteroatoms. The second-order valence-corrected chi connectivity index (χ2v) is 5.34. The van der Waals surface area contributed by atoms with E-state index in [-0.39, 0.29) is 11.8 Å². The zero-order valence-electron chi connectivity index (χ0n) is 11.3. The molecule has 0 bridgehead atoms. The Labute approximate surface area is 113 Å². The van der Waals surface area contributed by atoms with Crippen molar-refractivity contribution in [3.05, 3.63) is 23.8 Å². The minimum Gasteiger partial charge on any atom is -0.491 e. The number of hydrogen-bond donors (Lipinski definition) is 1. The Balaban J connectivity index is 2.14. The van der Waals surface area contributed by atoms with Gasteiger partial charge in [0.1, 0.15) is 12.0 Å². The number of carbonyl (C=O) groups excluding carboxylic acids is 2. The van der Waals surface area contributed by atoms with Crippen LogP contribution in [0.25, 0.3) is 0 Å². The molecule has 1 fully saturated rings. The zero-order chi connectivity index (χ0) is 13.8. The molecule has 4 nitrogen and oxygen atoms in total. The van der Waals surface area contributed by atoms with Crippen molar-refractivity contribution in [1.29, 1.82) is 0 Å². The highest BCUT2D eigenvalue weighted by atomic mass is 16.5. The maximum Gasteiger partial charge on any atom is 0.227 e. The molecule has 0 aliphatic heterocycles. The Morgan fingerprint density at radius 1 is 1.47 bits per heavy atom. The van der Waals surface area contributed by atoms with Crippen LogP contribution in [0.1, 0.15) is 37.0 Å². The molecule has 1 aliphatic rings. The second kappa shape index (κ2) is 5.87. The lowest BCUT2D eigenvalue weighted by Crippen LogP contribution is -2.15. The number of carbonyl (C=O) groups is 2. The van der Waals surface area contributed by atoms with E-state index in [9.17, 15) is 9.59 Å². The van der Waals surface area contributed by atoms with Gasteiger partial charge in [0.05, 0.1) is 12.3 Å². The first-order valence-corrected chi connectivity index (χ1v) is 6.63. The van der Waals surface area contributed by atoms with E-state index in [0.29, 0.717) is 29.5 Å². The maximum absolute atomic E-state index is 11.8. The highest BCUT2D eigenvalue weighted by Gasteiger charge is 2.30. The first-order chi connectivity index (χ1) is 9.10. The van der Waals surface area contributed by atoms with Crippen LogP contribution in [0.4, 0.5) is 5.69 Å².